The van der Waals surface area contributed by atoms with Crippen LogP contribution in [-0.4, -0.2) is 36.4 Å². The van der Waals surface area contributed by atoms with Crippen LogP contribution in [0.1, 0.15) is 34.1 Å². The molecule has 0 aliphatic rings. The molecule has 0 aliphatic carbocycles. The molecule has 0 unspecified atom stereocenters. The molecule has 5 heteroatoms. The van der Waals surface area contributed by atoms with Gasteiger partial charge in [-0.3, -0.25) is 9.59 Å². The number of nitrogens with zero attached hydrogens (tertiary/aromatic N) is 1. The molecule has 0 saturated carbocycles. The van der Waals surface area contributed by atoms with Gasteiger partial charge in [-0.05, 0) is 25.0 Å². The van der Waals surface area contributed by atoms with Crippen LogP contribution in [-0.2, 0) is 9.59 Å². The lowest BCUT2D eigenvalue weighted by Gasteiger charge is -2.22. The van der Waals surface area contributed by atoms with Crippen molar-refractivity contribution in [2.75, 3.05) is 25.0 Å². The Bertz CT molecular complexity index is 500. The Hall–Kier alpha value is -2.04. The van der Waals surface area contributed by atoms with Crippen molar-refractivity contribution in [3.63, 3.8) is 0 Å². The highest BCUT2D eigenvalue weighted by molar-refractivity contribution is 5.92. The minimum Gasteiger partial charge on any atom is -0.492 e. The maximum Gasteiger partial charge on any atom is 0.226 e. The Morgan fingerprint density at radius 3 is 2.55 bits per heavy atom. The standard InChI is InChI=1S/C17H26N2O3/c1-5-22-16-9-7-6-8-15(16)18-17(21)10-11-19(14(4)20)12-13(2)3/h6-9,13H,5,10-12H2,1-4H3,(H,18,21). The van der Waals surface area contributed by atoms with E-state index in [1.54, 1.807) is 11.0 Å². The number of benzene rings is 1. The molecule has 1 rings (SSSR count). The van der Waals surface area contributed by atoms with Crippen molar-refractivity contribution in [2.45, 2.75) is 34.1 Å². The van der Waals surface area contributed by atoms with E-state index >= 15 is 0 Å². The molecule has 0 fully saturated rings. The third-order valence-corrected chi connectivity index (χ3v) is 3.10. The maximum atomic E-state index is 12.1. The van der Waals surface area contributed by atoms with Gasteiger partial charge in [-0.2, -0.15) is 0 Å². The minimum atomic E-state index is -0.123. The van der Waals surface area contributed by atoms with Gasteiger partial charge in [-0.1, -0.05) is 26.0 Å². The zero-order chi connectivity index (χ0) is 16.5. The van der Waals surface area contributed by atoms with Crippen LogP contribution in [0.5, 0.6) is 5.75 Å². The molecule has 0 saturated heterocycles. The van der Waals surface area contributed by atoms with Gasteiger partial charge in [0.05, 0.1) is 12.3 Å². The zero-order valence-electron chi connectivity index (χ0n) is 13.9. The van der Waals surface area contributed by atoms with Gasteiger partial charge >= 0.3 is 0 Å². The molecule has 5 nitrogen and oxygen atoms in total. The minimum absolute atomic E-state index is 0.00350. The average Bonchev–Trinajstić information content (AvgIpc) is 2.45. The summed E-state index contributed by atoms with van der Waals surface area (Å²) in [6.07, 6.45) is 0.271. The van der Waals surface area contributed by atoms with Crippen molar-refractivity contribution in [2.24, 2.45) is 5.92 Å². The molecule has 0 bridgehead atoms. The first-order valence-corrected chi connectivity index (χ1v) is 7.71. The van der Waals surface area contributed by atoms with Gasteiger partial charge in [0.25, 0.3) is 0 Å². The Kier molecular flexibility index (Phi) is 7.43. The lowest BCUT2D eigenvalue weighted by Crippen LogP contribution is -2.34. The Balaban J connectivity index is 2.57. The number of ether oxygens (including phenoxy) is 1. The molecule has 0 atom stereocenters. The highest BCUT2D eigenvalue weighted by Gasteiger charge is 2.13. The van der Waals surface area contributed by atoms with Crippen LogP contribution in [0, 0.1) is 5.92 Å². The third kappa shape index (κ3) is 6.16. The Labute approximate surface area is 132 Å². The number of hydrogen-bond donors (Lipinski definition) is 1. The van der Waals surface area contributed by atoms with E-state index in [-0.39, 0.29) is 18.2 Å². The summed E-state index contributed by atoms with van der Waals surface area (Å²) in [6, 6.07) is 7.33. The number of amides is 2. The van der Waals surface area contributed by atoms with E-state index in [0.717, 1.165) is 0 Å². The van der Waals surface area contributed by atoms with Crippen molar-refractivity contribution < 1.29 is 14.3 Å². The topological polar surface area (TPSA) is 58.6 Å². The SMILES string of the molecule is CCOc1ccccc1NC(=O)CCN(CC(C)C)C(C)=O. The summed E-state index contributed by atoms with van der Waals surface area (Å²) in [7, 11) is 0. The monoisotopic (exact) mass is 306 g/mol. The molecule has 1 aromatic rings. The number of anilines is 1. The molecule has 0 aromatic heterocycles. The summed E-state index contributed by atoms with van der Waals surface area (Å²) in [4.78, 5) is 25.3. The van der Waals surface area contributed by atoms with Crippen molar-refractivity contribution in [1.29, 1.82) is 0 Å². The fourth-order valence-corrected chi connectivity index (χ4v) is 2.12. The van der Waals surface area contributed by atoms with Gasteiger partial charge in [-0.25, -0.2) is 0 Å². The second kappa shape index (κ2) is 9.07. The highest BCUT2D eigenvalue weighted by atomic mass is 16.5. The van der Waals surface area contributed by atoms with Crippen LogP contribution in [0.3, 0.4) is 0 Å². The molecule has 122 valence electrons. The Morgan fingerprint density at radius 1 is 1.27 bits per heavy atom. The zero-order valence-corrected chi connectivity index (χ0v) is 13.9. The Morgan fingerprint density at radius 2 is 1.95 bits per heavy atom. The molecule has 0 radical (unpaired) electrons. The fourth-order valence-electron chi connectivity index (χ4n) is 2.12. The largest absolute Gasteiger partial charge is 0.492 e. The molecule has 1 aromatic carbocycles. The summed E-state index contributed by atoms with van der Waals surface area (Å²) < 4.78 is 5.48. The van der Waals surface area contributed by atoms with E-state index in [0.29, 0.717) is 37.1 Å². The number of carbonyl (C=O) groups excluding carboxylic acids is 2. The molecular weight excluding hydrogens is 280 g/mol. The van der Waals surface area contributed by atoms with Gasteiger partial charge < -0.3 is 15.0 Å². The average molecular weight is 306 g/mol. The molecule has 0 heterocycles. The highest BCUT2D eigenvalue weighted by Crippen LogP contribution is 2.23. The summed E-state index contributed by atoms with van der Waals surface area (Å²) >= 11 is 0. The number of para-hydroxylation sites is 2. The van der Waals surface area contributed by atoms with Crippen LogP contribution in [0.4, 0.5) is 5.69 Å². The van der Waals surface area contributed by atoms with Gasteiger partial charge in [0.2, 0.25) is 11.8 Å². The number of carbonyl (C=O) groups is 2. The summed E-state index contributed by atoms with van der Waals surface area (Å²) in [6.45, 7) is 9.16. The van der Waals surface area contributed by atoms with E-state index < -0.39 is 0 Å². The van der Waals surface area contributed by atoms with Crippen LogP contribution in [0.2, 0.25) is 0 Å². The summed E-state index contributed by atoms with van der Waals surface area (Å²) in [5.74, 6) is 0.910. The van der Waals surface area contributed by atoms with Crippen molar-refractivity contribution >= 4 is 17.5 Å². The quantitative estimate of drug-likeness (QED) is 0.803. The number of hydrogen-bond acceptors (Lipinski definition) is 3. The van der Waals surface area contributed by atoms with Gasteiger partial charge in [-0.15, -0.1) is 0 Å². The lowest BCUT2D eigenvalue weighted by atomic mass is 10.2. The van der Waals surface area contributed by atoms with Crippen LogP contribution < -0.4 is 10.1 Å². The van der Waals surface area contributed by atoms with Crippen LogP contribution in [0.15, 0.2) is 24.3 Å². The first-order valence-electron chi connectivity index (χ1n) is 7.71. The van der Waals surface area contributed by atoms with Gasteiger partial charge in [0, 0.05) is 26.4 Å². The van der Waals surface area contributed by atoms with Gasteiger partial charge in [0.1, 0.15) is 5.75 Å². The van der Waals surface area contributed by atoms with Crippen molar-refractivity contribution in [3.8, 4) is 5.75 Å². The van der Waals surface area contributed by atoms with E-state index in [4.69, 9.17) is 4.74 Å². The van der Waals surface area contributed by atoms with Crippen molar-refractivity contribution in [3.05, 3.63) is 24.3 Å². The molecular formula is C17H26N2O3. The predicted molar refractivity (Wildman–Crippen MR) is 87.9 cm³/mol. The molecule has 22 heavy (non-hydrogen) atoms. The first kappa shape index (κ1) is 18.0. The van der Waals surface area contributed by atoms with E-state index in [9.17, 15) is 9.59 Å². The van der Waals surface area contributed by atoms with Crippen LogP contribution >= 0.6 is 0 Å². The normalized spacial score (nSPS) is 10.4. The number of nitrogens with one attached hydrogen (secondary N) is 1. The molecule has 1 N–H and O–H groups in total. The maximum absolute atomic E-state index is 12.1. The third-order valence-electron chi connectivity index (χ3n) is 3.10. The van der Waals surface area contributed by atoms with E-state index in [2.05, 4.69) is 5.32 Å². The second-order valence-electron chi connectivity index (χ2n) is 5.59. The fraction of sp³-hybridized carbons (Fsp3) is 0.529. The van der Waals surface area contributed by atoms with Crippen LogP contribution in [0.25, 0.3) is 0 Å². The number of rotatable bonds is 8. The first-order chi connectivity index (χ1) is 10.4. The second-order valence-corrected chi connectivity index (χ2v) is 5.59. The lowest BCUT2D eigenvalue weighted by molar-refractivity contribution is -0.129. The molecule has 0 spiro atoms. The van der Waals surface area contributed by atoms with E-state index in [1.165, 1.54) is 6.92 Å². The van der Waals surface area contributed by atoms with Crippen molar-refractivity contribution in [1.82, 2.24) is 4.90 Å². The van der Waals surface area contributed by atoms with E-state index in [1.807, 2.05) is 39.0 Å². The smallest absolute Gasteiger partial charge is 0.226 e. The van der Waals surface area contributed by atoms with Gasteiger partial charge in [0.15, 0.2) is 0 Å². The molecule has 0 aliphatic heterocycles. The predicted octanol–water partition coefficient (Wildman–Crippen LogP) is 2.92. The summed E-state index contributed by atoms with van der Waals surface area (Å²) in [5.41, 5.74) is 0.660. The molecule has 2 amide bonds. The summed E-state index contributed by atoms with van der Waals surface area (Å²) in [5, 5.41) is 2.84.